The number of halogens is 3. The lowest BCUT2D eigenvalue weighted by Crippen LogP contribution is -2.07. The van der Waals surface area contributed by atoms with Crippen LogP contribution >= 0.6 is 34.8 Å². The van der Waals surface area contributed by atoms with Gasteiger partial charge in [-0.1, -0.05) is 41.7 Å². The van der Waals surface area contributed by atoms with Gasteiger partial charge in [0.05, 0.1) is 10.0 Å². The van der Waals surface area contributed by atoms with Crippen LogP contribution in [0.15, 0.2) is 12.1 Å². The topological polar surface area (TPSA) is 26.3 Å². The molecule has 0 unspecified atom stereocenters. The molecule has 0 fully saturated rings. The van der Waals surface area contributed by atoms with Crippen molar-refractivity contribution in [2.24, 2.45) is 0 Å². The predicted molar refractivity (Wildman–Crippen MR) is 61.7 cm³/mol. The highest BCUT2D eigenvalue weighted by Gasteiger charge is 2.12. The monoisotopic (exact) mass is 265 g/mol. The van der Waals surface area contributed by atoms with Gasteiger partial charge in [0.25, 0.3) is 0 Å². The molecule has 0 amide bonds. The second-order valence-corrected chi connectivity index (χ2v) is 4.03. The third-order valence-electron chi connectivity index (χ3n) is 1.56. The van der Waals surface area contributed by atoms with Crippen molar-refractivity contribution in [2.75, 3.05) is 0 Å². The van der Waals surface area contributed by atoms with Crippen molar-refractivity contribution in [3.63, 3.8) is 0 Å². The first-order valence-electron chi connectivity index (χ1n) is 4.19. The van der Waals surface area contributed by atoms with Gasteiger partial charge in [0.1, 0.15) is 0 Å². The van der Waals surface area contributed by atoms with Crippen molar-refractivity contribution < 1.29 is 9.53 Å². The Balaban J connectivity index is 2.90. The summed E-state index contributed by atoms with van der Waals surface area (Å²) in [6.45, 7) is 3.54. The summed E-state index contributed by atoms with van der Waals surface area (Å²) in [6.07, 6.45) is 0.678. The second kappa shape index (κ2) is 5.59. The molecule has 0 saturated heterocycles. The molecule has 0 aliphatic heterocycles. The molecule has 0 aliphatic carbocycles. The van der Waals surface area contributed by atoms with Crippen LogP contribution in [0.2, 0.25) is 15.1 Å². The van der Waals surface area contributed by atoms with Gasteiger partial charge in [-0.25, -0.2) is 0 Å². The average Bonchev–Trinajstić information content (AvgIpc) is 2.11. The first-order chi connectivity index (χ1) is 7.04. The van der Waals surface area contributed by atoms with Gasteiger partial charge >= 0.3 is 5.97 Å². The van der Waals surface area contributed by atoms with Crippen LogP contribution in [0.5, 0.6) is 5.75 Å². The van der Waals surface area contributed by atoms with Crippen LogP contribution in [0, 0.1) is 6.92 Å². The first kappa shape index (κ1) is 12.6. The number of ether oxygens (including phenoxy) is 1. The number of esters is 1. The lowest BCUT2D eigenvalue weighted by atomic mass is 10.3. The molecule has 0 aromatic heterocycles. The van der Waals surface area contributed by atoms with Gasteiger partial charge in [0, 0.05) is 11.4 Å². The molecular formula is C10H8Cl3O2. The molecule has 2 nitrogen and oxygen atoms in total. The SMILES string of the molecule is [CH2]CCC(=O)Oc1c(Cl)cc(Cl)cc1Cl. The van der Waals surface area contributed by atoms with Crippen LogP contribution in [0.3, 0.4) is 0 Å². The van der Waals surface area contributed by atoms with Crippen LogP contribution < -0.4 is 4.74 Å². The number of carbonyl (C=O) groups is 1. The van der Waals surface area contributed by atoms with E-state index in [1.54, 1.807) is 0 Å². The van der Waals surface area contributed by atoms with Crippen molar-refractivity contribution in [3.05, 3.63) is 34.1 Å². The molecule has 0 saturated carbocycles. The lowest BCUT2D eigenvalue weighted by Gasteiger charge is -2.07. The van der Waals surface area contributed by atoms with E-state index in [1.165, 1.54) is 12.1 Å². The summed E-state index contributed by atoms with van der Waals surface area (Å²) >= 11 is 17.3. The van der Waals surface area contributed by atoms with Crippen molar-refractivity contribution in [3.8, 4) is 5.75 Å². The van der Waals surface area contributed by atoms with Crippen molar-refractivity contribution in [1.29, 1.82) is 0 Å². The van der Waals surface area contributed by atoms with Gasteiger partial charge in [-0.15, -0.1) is 0 Å². The van der Waals surface area contributed by atoms with E-state index in [0.717, 1.165) is 0 Å². The number of benzene rings is 1. The van der Waals surface area contributed by atoms with E-state index >= 15 is 0 Å². The molecular weight excluding hydrogens is 258 g/mol. The Morgan fingerprint density at radius 3 is 2.27 bits per heavy atom. The van der Waals surface area contributed by atoms with E-state index in [0.29, 0.717) is 11.4 Å². The van der Waals surface area contributed by atoms with Crippen molar-refractivity contribution in [1.82, 2.24) is 0 Å². The van der Waals surface area contributed by atoms with Crippen molar-refractivity contribution >= 4 is 40.8 Å². The Kier molecular flexibility index (Phi) is 4.71. The summed E-state index contributed by atoms with van der Waals surface area (Å²) < 4.78 is 4.97. The third-order valence-corrected chi connectivity index (χ3v) is 2.34. The molecule has 5 heteroatoms. The quantitative estimate of drug-likeness (QED) is 0.606. The smallest absolute Gasteiger partial charge is 0.311 e. The zero-order valence-electron chi connectivity index (χ0n) is 7.73. The molecule has 15 heavy (non-hydrogen) atoms. The Morgan fingerprint density at radius 1 is 1.27 bits per heavy atom. The minimum atomic E-state index is -0.420. The Morgan fingerprint density at radius 2 is 1.80 bits per heavy atom. The highest BCUT2D eigenvalue weighted by Crippen LogP contribution is 2.35. The van der Waals surface area contributed by atoms with Gasteiger partial charge in [-0.2, -0.15) is 0 Å². The molecule has 0 spiro atoms. The predicted octanol–water partition coefficient (Wildman–Crippen LogP) is 4.17. The molecule has 0 bridgehead atoms. The summed E-state index contributed by atoms with van der Waals surface area (Å²) in [7, 11) is 0. The molecule has 1 radical (unpaired) electrons. The Hall–Kier alpha value is -0.440. The van der Waals surface area contributed by atoms with Gasteiger partial charge < -0.3 is 4.74 Å². The highest BCUT2D eigenvalue weighted by atomic mass is 35.5. The fraction of sp³-hybridized carbons (Fsp3) is 0.200. The summed E-state index contributed by atoms with van der Waals surface area (Å²) in [5.41, 5.74) is 0. The fourth-order valence-corrected chi connectivity index (χ4v) is 1.83. The molecule has 0 N–H and O–H groups in total. The number of rotatable bonds is 3. The number of hydrogen-bond acceptors (Lipinski definition) is 2. The maximum absolute atomic E-state index is 11.2. The van der Waals surface area contributed by atoms with E-state index in [4.69, 9.17) is 39.5 Å². The van der Waals surface area contributed by atoms with Crippen LogP contribution in [-0.4, -0.2) is 5.97 Å². The molecule has 81 valence electrons. The minimum Gasteiger partial charge on any atom is -0.423 e. The first-order valence-corrected chi connectivity index (χ1v) is 5.32. The number of carbonyl (C=O) groups excluding carboxylic acids is 1. The molecule has 0 heterocycles. The van der Waals surface area contributed by atoms with Crippen LogP contribution in [0.25, 0.3) is 0 Å². The largest absolute Gasteiger partial charge is 0.423 e. The maximum atomic E-state index is 11.2. The van der Waals surface area contributed by atoms with E-state index in [1.807, 2.05) is 0 Å². The van der Waals surface area contributed by atoms with Gasteiger partial charge in [-0.05, 0) is 18.6 Å². The summed E-state index contributed by atoms with van der Waals surface area (Å²) in [5.74, 6) is -0.280. The summed E-state index contributed by atoms with van der Waals surface area (Å²) in [4.78, 5) is 11.2. The highest BCUT2D eigenvalue weighted by molar-refractivity contribution is 6.40. The van der Waals surface area contributed by atoms with E-state index in [9.17, 15) is 4.79 Å². The summed E-state index contributed by atoms with van der Waals surface area (Å²) in [5, 5.41) is 0.816. The van der Waals surface area contributed by atoms with E-state index in [2.05, 4.69) is 6.92 Å². The standard InChI is InChI=1S/C10H8Cl3O2/c1-2-3-9(14)15-10-7(12)4-6(11)5-8(10)13/h4-5H,1-3H2. The Bertz CT molecular complexity index is 354. The van der Waals surface area contributed by atoms with E-state index in [-0.39, 0.29) is 22.2 Å². The minimum absolute atomic E-state index is 0.140. The van der Waals surface area contributed by atoms with Crippen molar-refractivity contribution in [2.45, 2.75) is 12.8 Å². The van der Waals surface area contributed by atoms with Crippen LogP contribution in [0.4, 0.5) is 0 Å². The van der Waals surface area contributed by atoms with E-state index < -0.39 is 5.97 Å². The molecule has 0 atom stereocenters. The van der Waals surface area contributed by atoms with Crippen LogP contribution in [-0.2, 0) is 4.79 Å². The Labute approximate surface area is 103 Å². The third kappa shape index (κ3) is 3.56. The second-order valence-electron chi connectivity index (χ2n) is 2.78. The summed E-state index contributed by atoms with van der Waals surface area (Å²) in [6, 6.07) is 2.92. The lowest BCUT2D eigenvalue weighted by molar-refractivity contribution is -0.134. The average molecular weight is 267 g/mol. The zero-order chi connectivity index (χ0) is 11.4. The van der Waals surface area contributed by atoms with Gasteiger partial charge in [0.2, 0.25) is 0 Å². The zero-order valence-corrected chi connectivity index (χ0v) is 9.99. The molecule has 1 aromatic rings. The number of hydrogen-bond donors (Lipinski definition) is 0. The molecule has 1 aromatic carbocycles. The van der Waals surface area contributed by atoms with Crippen LogP contribution in [0.1, 0.15) is 12.8 Å². The van der Waals surface area contributed by atoms with Gasteiger partial charge in [-0.3, -0.25) is 4.79 Å². The normalized spacial score (nSPS) is 10.1. The molecule has 0 aliphatic rings. The van der Waals surface area contributed by atoms with Gasteiger partial charge in [0.15, 0.2) is 5.75 Å². The fourth-order valence-electron chi connectivity index (χ4n) is 0.936. The maximum Gasteiger partial charge on any atom is 0.311 e. The molecule has 1 rings (SSSR count).